The molecule has 0 aliphatic carbocycles. The lowest BCUT2D eigenvalue weighted by Gasteiger charge is -2.05. The number of nitrogens with one attached hydrogen (secondary N) is 1. The van der Waals surface area contributed by atoms with Crippen LogP contribution in [0, 0.1) is 17.8 Å². The van der Waals surface area contributed by atoms with E-state index in [2.05, 4.69) is 84.7 Å². The number of ether oxygens (including phenoxy) is 1. The average molecular weight is 558 g/mol. The highest BCUT2D eigenvalue weighted by Gasteiger charge is 2.14. The van der Waals surface area contributed by atoms with Crippen LogP contribution in [0.25, 0.3) is 0 Å². The number of hydrogen-bond acceptors (Lipinski definition) is 7. The fraction of sp³-hybridized carbons (Fsp3) is 0.826. The molecule has 3 rings (SSSR count). The van der Waals surface area contributed by atoms with Crippen molar-refractivity contribution < 1.29 is 9.53 Å². The molecular formula is C23H47N3O2S5. The summed E-state index contributed by atoms with van der Waals surface area (Å²) in [5.41, 5.74) is 0. The lowest BCUT2D eigenvalue weighted by atomic mass is 10.3. The van der Waals surface area contributed by atoms with E-state index in [0.717, 1.165) is 53.5 Å². The van der Waals surface area contributed by atoms with Crippen LogP contribution in [0.1, 0.15) is 62.3 Å². The third-order valence-electron chi connectivity index (χ3n) is 2.51. The van der Waals surface area contributed by atoms with Gasteiger partial charge in [0, 0.05) is 26.4 Å². The Balaban J connectivity index is -0.000000335. The molecule has 0 radical (unpaired) electrons. The summed E-state index contributed by atoms with van der Waals surface area (Å²) in [4.78, 5) is 14.3. The van der Waals surface area contributed by atoms with Gasteiger partial charge in [0.15, 0.2) is 0 Å². The van der Waals surface area contributed by atoms with E-state index in [0.29, 0.717) is 16.0 Å². The largest absolute Gasteiger partial charge is 0.469 e. The lowest BCUT2D eigenvalue weighted by Crippen LogP contribution is -2.17. The first kappa shape index (κ1) is 37.4. The van der Waals surface area contributed by atoms with E-state index in [9.17, 15) is 4.79 Å². The lowest BCUT2D eigenvalue weighted by molar-refractivity contribution is -0.109. The maximum absolute atomic E-state index is 10.3. The number of thioether (sulfide) groups is 2. The zero-order chi connectivity index (χ0) is 26.6. The normalized spacial score (nSPS) is 16.3. The van der Waals surface area contributed by atoms with Crippen molar-refractivity contribution >= 4 is 79.1 Å². The first-order valence-electron chi connectivity index (χ1n) is 11.3. The van der Waals surface area contributed by atoms with Crippen LogP contribution in [0.4, 0.5) is 0 Å². The second kappa shape index (κ2) is 23.6. The Kier molecular flexibility index (Phi) is 26.7. The van der Waals surface area contributed by atoms with Crippen LogP contribution in [0.2, 0.25) is 0 Å². The maximum Gasteiger partial charge on any atom is 0.259 e. The fourth-order valence-corrected chi connectivity index (χ4v) is 3.48. The summed E-state index contributed by atoms with van der Waals surface area (Å²) in [6.45, 7) is 22.7. The molecule has 0 atom stereocenters. The summed E-state index contributed by atoms with van der Waals surface area (Å²) in [6.07, 6.45) is 0. The Morgan fingerprint density at radius 2 is 1.30 bits per heavy atom. The van der Waals surface area contributed by atoms with Gasteiger partial charge in [-0.1, -0.05) is 98.5 Å². The van der Waals surface area contributed by atoms with Crippen molar-refractivity contribution in [1.82, 2.24) is 15.1 Å². The molecule has 5 nitrogen and oxygen atoms in total. The van der Waals surface area contributed by atoms with E-state index in [1.165, 1.54) is 5.75 Å². The molecular weight excluding hydrogens is 511 g/mol. The molecule has 0 unspecified atom stereocenters. The van der Waals surface area contributed by atoms with Crippen molar-refractivity contribution in [3.8, 4) is 0 Å². The van der Waals surface area contributed by atoms with Gasteiger partial charge in [-0.2, -0.15) is 0 Å². The minimum absolute atomic E-state index is 0.116. The second-order valence-corrected chi connectivity index (χ2v) is 13.2. The Morgan fingerprint density at radius 1 is 0.848 bits per heavy atom. The molecule has 3 aliphatic rings. The molecule has 0 amide bonds. The first-order chi connectivity index (χ1) is 15.1. The fourth-order valence-electron chi connectivity index (χ4n) is 1.26. The Morgan fingerprint density at radius 3 is 1.39 bits per heavy atom. The molecule has 10 heteroatoms. The number of carbonyl (C=O) groups excluding carboxylic acids is 1. The van der Waals surface area contributed by atoms with E-state index in [-0.39, 0.29) is 5.12 Å². The molecule has 0 saturated carbocycles. The summed E-state index contributed by atoms with van der Waals surface area (Å²) in [5.74, 6) is 3.68. The molecule has 3 fully saturated rings. The summed E-state index contributed by atoms with van der Waals surface area (Å²) in [7, 11) is 3.96. The predicted octanol–water partition coefficient (Wildman–Crippen LogP) is 6.30. The average Bonchev–Trinajstić information content (AvgIpc) is 3.32. The highest BCUT2D eigenvalue weighted by atomic mass is 32.2. The Labute approximate surface area is 228 Å². The highest BCUT2D eigenvalue weighted by Crippen LogP contribution is 2.14. The van der Waals surface area contributed by atoms with Gasteiger partial charge in [-0.25, -0.2) is 0 Å². The number of nitrogens with zero attached hydrogens (tertiary/aromatic N) is 2. The predicted molar refractivity (Wildman–Crippen MR) is 164 cm³/mol. The van der Waals surface area contributed by atoms with Crippen molar-refractivity contribution in [2.75, 3.05) is 46.1 Å². The van der Waals surface area contributed by atoms with Crippen LogP contribution >= 0.6 is 60.2 Å². The number of hydrogen-bond donors (Lipinski definition) is 1. The van der Waals surface area contributed by atoms with Crippen LogP contribution in [0.3, 0.4) is 0 Å². The molecule has 0 aromatic heterocycles. The van der Waals surface area contributed by atoms with Crippen molar-refractivity contribution in [2.45, 2.75) is 62.3 Å². The molecule has 196 valence electrons. The molecule has 1 N–H and O–H groups in total. The minimum atomic E-state index is 0.116. The van der Waals surface area contributed by atoms with Crippen LogP contribution in [-0.2, 0) is 9.53 Å². The van der Waals surface area contributed by atoms with Gasteiger partial charge in [-0.05, 0) is 41.7 Å². The van der Waals surface area contributed by atoms with Gasteiger partial charge >= 0.3 is 0 Å². The highest BCUT2D eigenvalue weighted by molar-refractivity contribution is 8.33. The molecule has 0 bridgehead atoms. The van der Waals surface area contributed by atoms with E-state index in [1.54, 1.807) is 11.8 Å². The van der Waals surface area contributed by atoms with Crippen molar-refractivity contribution in [2.24, 2.45) is 17.8 Å². The van der Waals surface area contributed by atoms with Crippen LogP contribution in [-0.4, -0.2) is 74.8 Å². The third kappa shape index (κ3) is 34.1. The molecule has 0 spiro atoms. The zero-order valence-electron chi connectivity index (χ0n) is 22.5. The topological polar surface area (TPSA) is 44.8 Å². The summed E-state index contributed by atoms with van der Waals surface area (Å²) in [5, 5.41) is 3.45. The zero-order valence-corrected chi connectivity index (χ0v) is 26.6. The van der Waals surface area contributed by atoms with Gasteiger partial charge in [0.2, 0.25) is 5.12 Å². The molecule has 0 aromatic carbocycles. The molecule has 0 aromatic rings. The molecule has 3 saturated heterocycles. The van der Waals surface area contributed by atoms with Gasteiger partial charge in [0.25, 0.3) is 5.17 Å². The monoisotopic (exact) mass is 557 g/mol. The van der Waals surface area contributed by atoms with Crippen molar-refractivity contribution in [3.63, 3.8) is 0 Å². The third-order valence-corrected chi connectivity index (χ3v) is 5.65. The maximum atomic E-state index is 10.3. The molecule has 3 aliphatic heterocycles. The number of rotatable bonds is 0. The van der Waals surface area contributed by atoms with Crippen LogP contribution in [0.15, 0.2) is 0 Å². The Bertz CT molecular complexity index is 498. The Hall–Kier alpha value is -0.160. The minimum Gasteiger partial charge on any atom is -0.469 e. The van der Waals surface area contributed by atoms with Gasteiger partial charge in [0.05, 0.1) is 13.1 Å². The van der Waals surface area contributed by atoms with Crippen molar-refractivity contribution in [1.29, 1.82) is 0 Å². The molecule has 33 heavy (non-hydrogen) atoms. The summed E-state index contributed by atoms with van der Waals surface area (Å²) in [6, 6.07) is 0. The van der Waals surface area contributed by atoms with Gasteiger partial charge in [-0.15, -0.1) is 0 Å². The quantitative estimate of drug-likeness (QED) is 0.343. The molecule has 3 heterocycles. The van der Waals surface area contributed by atoms with Crippen LogP contribution in [0.5, 0.6) is 0 Å². The van der Waals surface area contributed by atoms with Crippen LogP contribution < -0.4 is 5.32 Å². The SMILES string of the molecule is CC(C)C.CC(C)C.CC(C)C.CN1CCOC1=S.CN1CCSC1=S.O=C1CNC(=S)S1. The van der Waals surface area contributed by atoms with Gasteiger partial charge in [0.1, 0.15) is 15.2 Å². The second-order valence-electron chi connectivity index (χ2n) is 9.38. The van der Waals surface area contributed by atoms with Gasteiger partial charge in [-0.3, -0.25) is 4.79 Å². The number of thiocarbonyl (C=S) groups is 3. The van der Waals surface area contributed by atoms with E-state index < -0.39 is 0 Å². The van der Waals surface area contributed by atoms with Crippen molar-refractivity contribution in [3.05, 3.63) is 0 Å². The van der Waals surface area contributed by atoms with E-state index in [1.807, 2.05) is 19.0 Å². The summed E-state index contributed by atoms with van der Waals surface area (Å²) >= 11 is 17.2. The van der Waals surface area contributed by atoms with E-state index >= 15 is 0 Å². The number of likely N-dealkylation sites (N-methyl/N-ethyl adjacent to an activating group) is 1. The standard InChI is InChI=1S/C4H7NOS.C4H7NS2.3C4H10.C3H3NOS2/c1-5-2-3-6-4(5)7;1-5-2-3-7-4(5)6;3*1-4(2)3;5-2-1-4-3(6)7-2/h2*2-3H2,1H3;3*4H,1-3H3;1H2,(H,4,6). The number of carbonyl (C=O) groups is 1. The smallest absolute Gasteiger partial charge is 0.259 e. The first-order valence-corrected chi connectivity index (χ1v) is 14.4. The van der Waals surface area contributed by atoms with E-state index in [4.69, 9.17) is 29.2 Å². The summed E-state index contributed by atoms with van der Waals surface area (Å²) < 4.78 is 6.57. The van der Waals surface area contributed by atoms with Gasteiger partial charge < -0.3 is 19.9 Å².